The van der Waals surface area contributed by atoms with Crippen molar-refractivity contribution in [2.24, 2.45) is 0 Å². The van der Waals surface area contributed by atoms with Gasteiger partial charge < -0.3 is 5.11 Å². The van der Waals surface area contributed by atoms with Crippen molar-refractivity contribution in [2.45, 2.75) is 57.8 Å². The molecule has 2 unspecified atom stereocenters. The molecular weight excluding hydrogens is 154 g/mol. The lowest BCUT2D eigenvalue weighted by Crippen LogP contribution is -2.37. The molecule has 12 heavy (non-hydrogen) atoms. The molecule has 0 aromatic carbocycles. The van der Waals surface area contributed by atoms with Gasteiger partial charge in [0.1, 0.15) is 0 Å². The van der Waals surface area contributed by atoms with Gasteiger partial charge in [0, 0.05) is 0 Å². The average Bonchev–Trinajstić information content (AvgIpc) is 2.51. The van der Waals surface area contributed by atoms with Gasteiger partial charge in [-0.05, 0) is 26.7 Å². The van der Waals surface area contributed by atoms with Gasteiger partial charge in [-0.25, -0.2) is 0 Å². The van der Waals surface area contributed by atoms with E-state index in [9.17, 15) is 0 Å². The maximum atomic E-state index is 9.15. The van der Waals surface area contributed by atoms with Crippen molar-refractivity contribution in [3.63, 3.8) is 0 Å². The van der Waals surface area contributed by atoms with E-state index in [4.69, 9.17) is 9.94 Å². The van der Waals surface area contributed by atoms with E-state index < -0.39 is 0 Å². The SMILES string of the molecule is CC(O)C(C)NOC1CCCC1. The molecule has 1 aliphatic rings. The first-order valence-corrected chi connectivity index (χ1v) is 4.79. The third-order valence-electron chi connectivity index (χ3n) is 2.45. The summed E-state index contributed by atoms with van der Waals surface area (Å²) in [5, 5.41) is 9.15. The van der Waals surface area contributed by atoms with Crippen molar-refractivity contribution in [1.82, 2.24) is 5.48 Å². The normalized spacial score (nSPS) is 24.2. The number of hydroxylamine groups is 1. The Morgan fingerprint density at radius 2 is 1.92 bits per heavy atom. The Labute approximate surface area is 74.1 Å². The summed E-state index contributed by atoms with van der Waals surface area (Å²) in [5.74, 6) is 0. The summed E-state index contributed by atoms with van der Waals surface area (Å²) in [4.78, 5) is 5.42. The molecule has 0 saturated heterocycles. The second-order valence-corrected chi connectivity index (χ2v) is 3.67. The van der Waals surface area contributed by atoms with Crippen LogP contribution in [-0.2, 0) is 4.84 Å². The van der Waals surface area contributed by atoms with Gasteiger partial charge in [-0.1, -0.05) is 12.8 Å². The molecule has 72 valence electrons. The molecule has 3 nitrogen and oxygen atoms in total. The molecule has 1 saturated carbocycles. The van der Waals surface area contributed by atoms with Gasteiger partial charge in [-0.15, -0.1) is 0 Å². The molecule has 1 aliphatic carbocycles. The number of hydrogen-bond donors (Lipinski definition) is 2. The van der Waals surface area contributed by atoms with Crippen LogP contribution in [0.3, 0.4) is 0 Å². The van der Waals surface area contributed by atoms with Crippen LogP contribution in [0.25, 0.3) is 0 Å². The first-order valence-electron chi connectivity index (χ1n) is 4.79. The minimum Gasteiger partial charge on any atom is -0.392 e. The van der Waals surface area contributed by atoms with Gasteiger partial charge in [0.2, 0.25) is 0 Å². The molecule has 1 fully saturated rings. The molecule has 0 amide bonds. The predicted octanol–water partition coefficient (Wildman–Crippen LogP) is 1.22. The van der Waals surface area contributed by atoms with E-state index in [1.165, 1.54) is 12.8 Å². The first kappa shape index (κ1) is 9.96. The highest BCUT2D eigenvalue weighted by Gasteiger charge is 2.17. The average molecular weight is 173 g/mol. The quantitative estimate of drug-likeness (QED) is 0.628. The van der Waals surface area contributed by atoms with E-state index in [2.05, 4.69) is 5.48 Å². The maximum Gasteiger partial charge on any atom is 0.0790 e. The zero-order valence-electron chi connectivity index (χ0n) is 7.92. The van der Waals surface area contributed by atoms with E-state index in [1.54, 1.807) is 6.92 Å². The molecule has 0 spiro atoms. The van der Waals surface area contributed by atoms with Crippen LogP contribution in [0.4, 0.5) is 0 Å². The van der Waals surface area contributed by atoms with Crippen LogP contribution < -0.4 is 5.48 Å². The molecule has 0 bridgehead atoms. The lowest BCUT2D eigenvalue weighted by atomic mass is 10.2. The summed E-state index contributed by atoms with van der Waals surface area (Å²) in [7, 11) is 0. The smallest absolute Gasteiger partial charge is 0.0790 e. The zero-order valence-corrected chi connectivity index (χ0v) is 7.92. The molecule has 1 rings (SSSR count). The highest BCUT2D eigenvalue weighted by molar-refractivity contribution is 4.67. The number of rotatable bonds is 4. The molecule has 2 atom stereocenters. The molecule has 0 aromatic rings. The van der Waals surface area contributed by atoms with Crippen LogP contribution >= 0.6 is 0 Å². The van der Waals surface area contributed by atoms with Gasteiger partial charge in [0.05, 0.1) is 18.2 Å². The zero-order chi connectivity index (χ0) is 8.97. The monoisotopic (exact) mass is 173 g/mol. The summed E-state index contributed by atoms with van der Waals surface area (Å²) in [6, 6.07) is 0.0191. The van der Waals surface area contributed by atoms with Gasteiger partial charge >= 0.3 is 0 Å². The fourth-order valence-electron chi connectivity index (χ4n) is 1.31. The van der Waals surface area contributed by atoms with E-state index >= 15 is 0 Å². The second kappa shape index (κ2) is 4.80. The Hall–Kier alpha value is -0.120. The molecular formula is C9H19NO2. The molecule has 0 aromatic heterocycles. The lowest BCUT2D eigenvalue weighted by molar-refractivity contribution is -0.0577. The Bertz CT molecular complexity index is 120. The van der Waals surface area contributed by atoms with Crippen molar-refractivity contribution in [3.8, 4) is 0 Å². The van der Waals surface area contributed by atoms with Crippen LogP contribution in [0.2, 0.25) is 0 Å². The number of aliphatic hydroxyl groups excluding tert-OH is 1. The molecule has 0 heterocycles. The lowest BCUT2D eigenvalue weighted by Gasteiger charge is -2.19. The third-order valence-corrected chi connectivity index (χ3v) is 2.45. The van der Waals surface area contributed by atoms with E-state index in [0.29, 0.717) is 6.10 Å². The van der Waals surface area contributed by atoms with E-state index in [0.717, 1.165) is 12.8 Å². The van der Waals surface area contributed by atoms with E-state index in [1.807, 2.05) is 6.92 Å². The van der Waals surface area contributed by atoms with Gasteiger partial charge in [0.25, 0.3) is 0 Å². The highest BCUT2D eigenvalue weighted by Crippen LogP contribution is 2.19. The number of nitrogens with one attached hydrogen (secondary N) is 1. The molecule has 0 radical (unpaired) electrons. The Balaban J connectivity index is 2.07. The minimum atomic E-state index is -0.355. The van der Waals surface area contributed by atoms with Crippen molar-refractivity contribution in [1.29, 1.82) is 0 Å². The third kappa shape index (κ3) is 3.09. The van der Waals surface area contributed by atoms with Crippen LogP contribution in [0.5, 0.6) is 0 Å². The van der Waals surface area contributed by atoms with Crippen LogP contribution in [0, 0.1) is 0 Å². The maximum absolute atomic E-state index is 9.15. The van der Waals surface area contributed by atoms with Crippen LogP contribution in [0.1, 0.15) is 39.5 Å². The topological polar surface area (TPSA) is 41.5 Å². The second-order valence-electron chi connectivity index (χ2n) is 3.67. The fraction of sp³-hybridized carbons (Fsp3) is 1.00. The minimum absolute atomic E-state index is 0.0191. The summed E-state index contributed by atoms with van der Waals surface area (Å²) >= 11 is 0. The summed E-state index contributed by atoms with van der Waals surface area (Å²) in [6.45, 7) is 3.68. The van der Waals surface area contributed by atoms with Crippen molar-refractivity contribution >= 4 is 0 Å². The van der Waals surface area contributed by atoms with Crippen molar-refractivity contribution < 1.29 is 9.94 Å². The van der Waals surface area contributed by atoms with E-state index in [-0.39, 0.29) is 12.1 Å². The Morgan fingerprint density at radius 1 is 1.33 bits per heavy atom. The Morgan fingerprint density at radius 3 is 2.42 bits per heavy atom. The fourth-order valence-corrected chi connectivity index (χ4v) is 1.31. The standard InChI is InChI=1S/C9H19NO2/c1-7(8(2)11)10-12-9-5-3-4-6-9/h7-11H,3-6H2,1-2H3. The summed E-state index contributed by atoms with van der Waals surface area (Å²) in [6.07, 6.45) is 4.86. The van der Waals surface area contributed by atoms with Crippen LogP contribution in [0.15, 0.2) is 0 Å². The van der Waals surface area contributed by atoms with Crippen molar-refractivity contribution in [2.75, 3.05) is 0 Å². The first-order chi connectivity index (χ1) is 5.70. The molecule has 2 N–H and O–H groups in total. The number of aliphatic hydroxyl groups is 1. The predicted molar refractivity (Wildman–Crippen MR) is 47.6 cm³/mol. The van der Waals surface area contributed by atoms with Gasteiger partial charge in [-0.2, -0.15) is 5.48 Å². The largest absolute Gasteiger partial charge is 0.392 e. The number of hydrogen-bond acceptors (Lipinski definition) is 3. The van der Waals surface area contributed by atoms with Crippen LogP contribution in [-0.4, -0.2) is 23.4 Å². The Kier molecular flexibility index (Phi) is 3.98. The molecule has 3 heteroatoms. The van der Waals surface area contributed by atoms with Gasteiger partial charge in [-0.3, -0.25) is 4.84 Å². The molecule has 0 aliphatic heterocycles. The highest BCUT2D eigenvalue weighted by atomic mass is 16.7. The summed E-state index contributed by atoms with van der Waals surface area (Å²) in [5.41, 5.74) is 2.87. The van der Waals surface area contributed by atoms with Gasteiger partial charge in [0.15, 0.2) is 0 Å². The van der Waals surface area contributed by atoms with Crippen molar-refractivity contribution in [3.05, 3.63) is 0 Å². The summed E-state index contributed by atoms with van der Waals surface area (Å²) < 4.78 is 0.